The third-order valence-electron chi connectivity index (χ3n) is 3.52. The van der Waals surface area contributed by atoms with Crippen molar-refractivity contribution in [3.63, 3.8) is 0 Å². The Hall–Kier alpha value is -1.95. The van der Waals surface area contributed by atoms with Crippen molar-refractivity contribution in [2.75, 3.05) is 11.9 Å². The summed E-state index contributed by atoms with van der Waals surface area (Å²) in [5, 5.41) is 14.5. The molecule has 5 nitrogen and oxygen atoms in total. The Labute approximate surface area is 116 Å². The minimum absolute atomic E-state index is 0.0569. The van der Waals surface area contributed by atoms with Crippen molar-refractivity contribution in [1.29, 1.82) is 0 Å². The van der Waals surface area contributed by atoms with Gasteiger partial charge in [0.05, 0.1) is 5.60 Å². The van der Waals surface area contributed by atoms with Crippen LogP contribution in [0.3, 0.4) is 0 Å². The van der Waals surface area contributed by atoms with Crippen molar-refractivity contribution in [2.45, 2.75) is 31.8 Å². The summed E-state index contributed by atoms with van der Waals surface area (Å²) in [6.45, 7) is 1.76. The average molecular weight is 280 g/mol. The summed E-state index contributed by atoms with van der Waals surface area (Å²) < 4.78 is 13.1. The summed E-state index contributed by atoms with van der Waals surface area (Å²) >= 11 is 0. The fourth-order valence-electron chi connectivity index (χ4n) is 1.99. The number of aryl methyl sites for hydroxylation is 1. The van der Waals surface area contributed by atoms with Crippen molar-refractivity contribution in [3.05, 3.63) is 29.6 Å². The van der Waals surface area contributed by atoms with Crippen LogP contribution in [0.5, 0.6) is 0 Å². The molecule has 0 unspecified atom stereocenters. The summed E-state index contributed by atoms with van der Waals surface area (Å²) in [7, 11) is 0. The Kier molecular flexibility index (Phi) is 4.04. The molecular weight excluding hydrogens is 263 g/mol. The maximum atomic E-state index is 13.1. The van der Waals surface area contributed by atoms with E-state index in [1.165, 1.54) is 12.1 Å². The van der Waals surface area contributed by atoms with E-state index in [0.717, 1.165) is 12.5 Å². The number of halogens is 1. The Morgan fingerprint density at radius 2 is 2.05 bits per heavy atom. The smallest absolute Gasteiger partial charge is 0.313 e. The summed E-state index contributed by atoms with van der Waals surface area (Å²) in [5.41, 5.74) is 0.0303. The van der Waals surface area contributed by atoms with Gasteiger partial charge in [0.25, 0.3) is 0 Å². The molecule has 1 aliphatic carbocycles. The molecule has 1 aromatic rings. The molecule has 2 rings (SSSR count). The van der Waals surface area contributed by atoms with Crippen LogP contribution in [0.4, 0.5) is 10.1 Å². The van der Waals surface area contributed by atoms with Crippen LogP contribution < -0.4 is 10.6 Å². The number of nitrogens with one attached hydrogen (secondary N) is 2. The van der Waals surface area contributed by atoms with E-state index in [9.17, 15) is 19.1 Å². The number of carbonyl (C=O) groups excluding carboxylic acids is 2. The Bertz CT molecular complexity index is 541. The summed E-state index contributed by atoms with van der Waals surface area (Å²) in [4.78, 5) is 23.3. The van der Waals surface area contributed by atoms with E-state index in [-0.39, 0.29) is 12.2 Å². The van der Waals surface area contributed by atoms with Gasteiger partial charge < -0.3 is 15.7 Å². The molecule has 0 bridgehead atoms. The minimum Gasteiger partial charge on any atom is -0.388 e. The van der Waals surface area contributed by atoms with Gasteiger partial charge in [0.15, 0.2) is 0 Å². The quantitative estimate of drug-likeness (QED) is 0.726. The van der Waals surface area contributed by atoms with E-state index in [0.29, 0.717) is 18.4 Å². The van der Waals surface area contributed by atoms with Crippen molar-refractivity contribution in [3.8, 4) is 0 Å². The third-order valence-corrected chi connectivity index (χ3v) is 3.52. The first-order valence-corrected chi connectivity index (χ1v) is 6.47. The summed E-state index contributed by atoms with van der Waals surface area (Å²) in [6, 6.07) is 3.94. The van der Waals surface area contributed by atoms with Gasteiger partial charge in [-0.1, -0.05) is 6.07 Å². The molecule has 3 N–H and O–H groups in total. The summed E-state index contributed by atoms with van der Waals surface area (Å²) in [5.74, 6) is -2.20. The van der Waals surface area contributed by atoms with Crippen LogP contribution in [-0.4, -0.2) is 29.1 Å². The molecule has 0 aromatic heterocycles. The topological polar surface area (TPSA) is 78.4 Å². The van der Waals surface area contributed by atoms with Gasteiger partial charge in [0.1, 0.15) is 5.82 Å². The number of hydrogen-bond donors (Lipinski definition) is 3. The van der Waals surface area contributed by atoms with Crippen molar-refractivity contribution in [2.24, 2.45) is 0 Å². The highest BCUT2D eigenvalue weighted by Gasteiger charge is 2.35. The first-order valence-electron chi connectivity index (χ1n) is 6.47. The number of carbonyl (C=O) groups is 2. The number of rotatable bonds is 3. The number of hydrogen-bond acceptors (Lipinski definition) is 3. The van der Waals surface area contributed by atoms with E-state index in [2.05, 4.69) is 10.6 Å². The molecule has 108 valence electrons. The first-order chi connectivity index (χ1) is 9.39. The minimum atomic E-state index is -0.884. The molecule has 0 atom stereocenters. The molecule has 1 aliphatic rings. The fraction of sp³-hybridized carbons (Fsp3) is 0.429. The van der Waals surface area contributed by atoms with Gasteiger partial charge in [-0.2, -0.15) is 0 Å². The zero-order chi connectivity index (χ0) is 14.8. The Morgan fingerprint density at radius 3 is 2.65 bits per heavy atom. The molecule has 1 fully saturated rings. The molecular formula is C14H17FN2O3. The maximum absolute atomic E-state index is 13.1. The van der Waals surface area contributed by atoms with Crippen LogP contribution in [0.2, 0.25) is 0 Å². The van der Waals surface area contributed by atoms with Crippen LogP contribution in [0.25, 0.3) is 0 Å². The lowest BCUT2D eigenvalue weighted by molar-refractivity contribution is -0.137. The molecule has 0 radical (unpaired) electrons. The Morgan fingerprint density at radius 1 is 1.35 bits per heavy atom. The molecule has 0 saturated heterocycles. The van der Waals surface area contributed by atoms with Gasteiger partial charge >= 0.3 is 11.8 Å². The van der Waals surface area contributed by atoms with Gasteiger partial charge in [-0.25, -0.2) is 4.39 Å². The first kappa shape index (κ1) is 14.5. The molecule has 1 aromatic carbocycles. The number of amides is 2. The molecule has 20 heavy (non-hydrogen) atoms. The lowest BCUT2D eigenvalue weighted by Gasteiger charge is -2.36. The van der Waals surface area contributed by atoms with E-state index < -0.39 is 23.2 Å². The van der Waals surface area contributed by atoms with E-state index >= 15 is 0 Å². The van der Waals surface area contributed by atoms with Gasteiger partial charge in [-0.3, -0.25) is 9.59 Å². The highest BCUT2D eigenvalue weighted by atomic mass is 19.1. The molecule has 0 heterocycles. The zero-order valence-corrected chi connectivity index (χ0v) is 11.2. The van der Waals surface area contributed by atoms with Crippen LogP contribution in [0.1, 0.15) is 24.8 Å². The second-order valence-electron chi connectivity index (χ2n) is 5.17. The molecule has 1 saturated carbocycles. The standard InChI is InChI=1S/C14H17FN2O3/c1-9-3-4-10(15)7-11(9)17-13(19)12(18)16-8-14(20)5-2-6-14/h3-4,7,20H,2,5-6,8H2,1H3,(H,16,18)(H,17,19). The number of benzene rings is 1. The lowest BCUT2D eigenvalue weighted by atomic mass is 9.80. The second-order valence-corrected chi connectivity index (χ2v) is 5.17. The predicted molar refractivity (Wildman–Crippen MR) is 71.6 cm³/mol. The van der Waals surface area contributed by atoms with Crippen molar-refractivity contribution in [1.82, 2.24) is 5.32 Å². The van der Waals surface area contributed by atoms with Gasteiger partial charge in [-0.15, -0.1) is 0 Å². The third kappa shape index (κ3) is 3.33. The molecule has 0 spiro atoms. The SMILES string of the molecule is Cc1ccc(F)cc1NC(=O)C(=O)NCC1(O)CCC1. The molecule has 0 aliphatic heterocycles. The monoisotopic (exact) mass is 280 g/mol. The van der Waals surface area contributed by atoms with E-state index in [1.54, 1.807) is 6.92 Å². The van der Waals surface area contributed by atoms with Crippen LogP contribution in [-0.2, 0) is 9.59 Å². The van der Waals surface area contributed by atoms with Crippen molar-refractivity contribution >= 4 is 17.5 Å². The van der Waals surface area contributed by atoms with Crippen LogP contribution in [0.15, 0.2) is 18.2 Å². The largest absolute Gasteiger partial charge is 0.388 e. The van der Waals surface area contributed by atoms with Gasteiger partial charge in [-0.05, 0) is 43.9 Å². The van der Waals surface area contributed by atoms with Gasteiger partial charge in [0, 0.05) is 12.2 Å². The highest BCUT2D eigenvalue weighted by Crippen LogP contribution is 2.30. The second kappa shape index (κ2) is 5.58. The highest BCUT2D eigenvalue weighted by molar-refractivity contribution is 6.39. The number of aliphatic hydroxyl groups is 1. The maximum Gasteiger partial charge on any atom is 0.313 e. The Balaban J connectivity index is 1.90. The normalized spacial score (nSPS) is 16.1. The predicted octanol–water partition coefficient (Wildman–Crippen LogP) is 1.10. The van der Waals surface area contributed by atoms with Gasteiger partial charge in [0.2, 0.25) is 0 Å². The van der Waals surface area contributed by atoms with Crippen molar-refractivity contribution < 1.29 is 19.1 Å². The van der Waals surface area contributed by atoms with Crippen LogP contribution >= 0.6 is 0 Å². The average Bonchev–Trinajstić information content (AvgIpc) is 2.38. The lowest BCUT2D eigenvalue weighted by Crippen LogP contribution is -2.49. The van der Waals surface area contributed by atoms with E-state index in [1.807, 2.05) is 0 Å². The number of anilines is 1. The van der Waals surface area contributed by atoms with E-state index in [4.69, 9.17) is 0 Å². The molecule has 6 heteroatoms. The molecule has 2 amide bonds. The zero-order valence-electron chi connectivity index (χ0n) is 11.2. The summed E-state index contributed by atoms with van der Waals surface area (Å²) in [6.07, 6.45) is 2.16. The fourth-order valence-corrected chi connectivity index (χ4v) is 1.99. The van der Waals surface area contributed by atoms with Crippen LogP contribution in [0, 0.1) is 12.7 Å².